The van der Waals surface area contributed by atoms with E-state index in [0.717, 1.165) is 4.48 Å². The van der Waals surface area contributed by atoms with Crippen molar-refractivity contribution in [2.24, 2.45) is 0 Å². The predicted octanol–water partition coefficient (Wildman–Crippen LogP) is 5.53. The van der Waals surface area contributed by atoms with Gasteiger partial charge in [0.1, 0.15) is 0 Å². The predicted molar refractivity (Wildman–Crippen MR) is 116 cm³/mol. The Hall–Kier alpha value is -0.120. The third-order valence-electron chi connectivity index (χ3n) is 4.18. The van der Waals surface area contributed by atoms with Crippen LogP contribution in [-0.4, -0.2) is 63.7 Å². The molecule has 25 heavy (non-hydrogen) atoms. The molecule has 3 heteroatoms. The standard InChI is InChI=1S/C19H42N.C3H9N.H2O/c1-5-6-7-8-9-10-11-12-13-14-15-16-17-18-19-20(2,3)4;1-4(2)3;/h5-19H2,1-4H3;1-3H3;1H2/q+1;;. The van der Waals surface area contributed by atoms with E-state index < -0.39 is 0 Å². The molecule has 0 bridgehead atoms. The Bertz CT molecular complexity index is 222. The highest BCUT2D eigenvalue weighted by molar-refractivity contribution is 4.49. The summed E-state index contributed by atoms with van der Waals surface area (Å²) in [6.45, 7) is 3.63. The summed E-state index contributed by atoms with van der Waals surface area (Å²) >= 11 is 0. The number of unbranched alkanes of at least 4 members (excludes halogenated alkanes) is 13. The van der Waals surface area contributed by atoms with Crippen LogP contribution in [0.25, 0.3) is 0 Å². The summed E-state index contributed by atoms with van der Waals surface area (Å²) in [5.41, 5.74) is 0. The SMILES string of the molecule is CCCCCCCCCCCCCCCC[N+](C)(C)C.CN(C)C.O. The first-order chi connectivity index (χ1) is 11.3. The molecule has 0 aliphatic rings. The fourth-order valence-electron chi connectivity index (χ4n) is 2.78. The van der Waals surface area contributed by atoms with Gasteiger partial charge in [0.25, 0.3) is 0 Å². The first-order valence-corrected chi connectivity index (χ1v) is 10.7. The minimum Gasteiger partial charge on any atom is -0.412 e. The summed E-state index contributed by atoms with van der Waals surface area (Å²) < 4.78 is 1.12. The van der Waals surface area contributed by atoms with Gasteiger partial charge in [-0.05, 0) is 34.0 Å². The van der Waals surface area contributed by atoms with E-state index in [-0.39, 0.29) is 5.48 Å². The van der Waals surface area contributed by atoms with Gasteiger partial charge < -0.3 is 14.9 Å². The van der Waals surface area contributed by atoms with Crippen LogP contribution < -0.4 is 0 Å². The van der Waals surface area contributed by atoms with Crippen LogP contribution in [0.3, 0.4) is 0 Å². The van der Waals surface area contributed by atoms with E-state index in [1.54, 1.807) is 0 Å². The van der Waals surface area contributed by atoms with Crippen LogP contribution in [0.2, 0.25) is 0 Å². The van der Waals surface area contributed by atoms with E-state index in [9.17, 15) is 0 Å². The van der Waals surface area contributed by atoms with E-state index in [4.69, 9.17) is 0 Å². The lowest BCUT2D eigenvalue weighted by molar-refractivity contribution is -0.870. The third kappa shape index (κ3) is 40.1. The third-order valence-corrected chi connectivity index (χ3v) is 4.18. The highest BCUT2D eigenvalue weighted by atomic mass is 16.0. The highest BCUT2D eigenvalue weighted by Gasteiger charge is 2.04. The van der Waals surface area contributed by atoms with Crippen LogP contribution in [0.1, 0.15) is 96.8 Å². The maximum Gasteiger partial charge on any atom is 0.0780 e. The van der Waals surface area contributed by atoms with Gasteiger partial charge in [-0.3, -0.25) is 0 Å². The molecule has 156 valence electrons. The molecule has 3 nitrogen and oxygen atoms in total. The first-order valence-electron chi connectivity index (χ1n) is 10.7. The van der Waals surface area contributed by atoms with Crippen LogP contribution in [0.15, 0.2) is 0 Å². The van der Waals surface area contributed by atoms with Crippen molar-refractivity contribution < 1.29 is 9.96 Å². The zero-order chi connectivity index (χ0) is 18.7. The fourth-order valence-corrected chi connectivity index (χ4v) is 2.78. The zero-order valence-electron chi connectivity index (χ0n) is 19.0. The average Bonchev–Trinajstić information content (AvgIpc) is 2.46. The Balaban J connectivity index is -0.000000867. The second kappa shape index (κ2) is 21.9. The Morgan fingerprint density at radius 2 is 0.760 bits per heavy atom. The topological polar surface area (TPSA) is 34.7 Å². The fraction of sp³-hybridized carbons (Fsp3) is 1.00. The molecule has 0 aliphatic carbocycles. The number of hydrogen-bond donors (Lipinski definition) is 0. The molecular formula is C22H53N2O+. The van der Waals surface area contributed by atoms with Crippen LogP contribution >= 0.6 is 0 Å². The van der Waals surface area contributed by atoms with Gasteiger partial charge in [0.05, 0.1) is 27.7 Å². The molecule has 0 fully saturated rings. The monoisotopic (exact) mass is 361 g/mol. The number of rotatable bonds is 15. The van der Waals surface area contributed by atoms with Gasteiger partial charge in [0, 0.05) is 0 Å². The summed E-state index contributed by atoms with van der Waals surface area (Å²) in [5.74, 6) is 0. The van der Waals surface area contributed by atoms with Crippen LogP contribution in [0.4, 0.5) is 0 Å². The Kier molecular flexibility index (Phi) is 26.0. The van der Waals surface area contributed by atoms with Crippen molar-refractivity contribution >= 4 is 0 Å². The number of nitrogens with zero attached hydrogens (tertiary/aromatic N) is 2. The van der Waals surface area contributed by atoms with E-state index in [0.29, 0.717) is 0 Å². The summed E-state index contributed by atoms with van der Waals surface area (Å²) in [4.78, 5) is 2.00. The molecule has 0 radical (unpaired) electrons. The molecular weight excluding hydrogens is 308 g/mol. The lowest BCUT2D eigenvalue weighted by Crippen LogP contribution is -2.35. The van der Waals surface area contributed by atoms with Crippen molar-refractivity contribution in [3.8, 4) is 0 Å². The minimum atomic E-state index is 0. The summed E-state index contributed by atoms with van der Waals surface area (Å²) in [6.07, 6.45) is 20.4. The van der Waals surface area contributed by atoms with Crippen molar-refractivity contribution in [1.82, 2.24) is 4.90 Å². The highest BCUT2D eigenvalue weighted by Crippen LogP contribution is 2.13. The first kappa shape index (κ1) is 29.6. The molecule has 0 saturated heterocycles. The van der Waals surface area contributed by atoms with Gasteiger partial charge in [0.2, 0.25) is 0 Å². The van der Waals surface area contributed by atoms with Gasteiger partial charge in [0.15, 0.2) is 0 Å². The minimum absolute atomic E-state index is 0. The summed E-state index contributed by atoms with van der Waals surface area (Å²) in [7, 11) is 12.9. The van der Waals surface area contributed by atoms with E-state index in [2.05, 4.69) is 28.1 Å². The van der Waals surface area contributed by atoms with Crippen LogP contribution in [0.5, 0.6) is 0 Å². The van der Waals surface area contributed by atoms with Gasteiger partial charge in [-0.15, -0.1) is 0 Å². The van der Waals surface area contributed by atoms with Gasteiger partial charge in [-0.2, -0.15) is 0 Å². The molecule has 0 aromatic carbocycles. The molecule has 0 aliphatic heterocycles. The van der Waals surface area contributed by atoms with Gasteiger partial charge in [-0.25, -0.2) is 0 Å². The molecule has 0 saturated carbocycles. The molecule has 0 rings (SSSR count). The van der Waals surface area contributed by atoms with Crippen molar-refractivity contribution in [2.45, 2.75) is 96.8 Å². The molecule has 0 aromatic heterocycles. The zero-order valence-corrected chi connectivity index (χ0v) is 19.0. The Labute approximate surface area is 161 Å². The smallest absolute Gasteiger partial charge is 0.0780 e. The Morgan fingerprint density at radius 1 is 0.520 bits per heavy atom. The largest absolute Gasteiger partial charge is 0.412 e. The molecule has 0 amide bonds. The molecule has 0 aromatic rings. The van der Waals surface area contributed by atoms with Gasteiger partial charge in [-0.1, -0.05) is 84.0 Å². The Morgan fingerprint density at radius 3 is 1.00 bits per heavy atom. The van der Waals surface area contributed by atoms with Crippen LogP contribution in [-0.2, 0) is 0 Å². The van der Waals surface area contributed by atoms with Crippen molar-refractivity contribution in [2.75, 3.05) is 48.8 Å². The van der Waals surface area contributed by atoms with Crippen LogP contribution in [0, 0.1) is 0 Å². The lowest BCUT2D eigenvalue weighted by Gasteiger charge is -2.23. The summed E-state index contributed by atoms with van der Waals surface area (Å²) in [5, 5.41) is 0. The van der Waals surface area contributed by atoms with Crippen molar-refractivity contribution in [3.63, 3.8) is 0 Å². The van der Waals surface area contributed by atoms with E-state index in [1.165, 1.54) is 96.4 Å². The van der Waals surface area contributed by atoms with E-state index >= 15 is 0 Å². The van der Waals surface area contributed by atoms with Crippen molar-refractivity contribution in [3.05, 3.63) is 0 Å². The van der Waals surface area contributed by atoms with Gasteiger partial charge >= 0.3 is 0 Å². The van der Waals surface area contributed by atoms with Crippen molar-refractivity contribution in [1.29, 1.82) is 0 Å². The summed E-state index contributed by atoms with van der Waals surface area (Å²) in [6, 6.07) is 0. The second-order valence-electron chi connectivity index (χ2n) is 8.95. The quantitative estimate of drug-likeness (QED) is 0.279. The molecule has 0 heterocycles. The maximum atomic E-state index is 2.29. The number of quaternary nitrogens is 1. The average molecular weight is 362 g/mol. The molecule has 0 atom stereocenters. The molecule has 2 N–H and O–H groups in total. The maximum absolute atomic E-state index is 2.29. The molecule has 0 spiro atoms. The van der Waals surface area contributed by atoms with E-state index in [1.807, 2.05) is 26.0 Å². The number of hydrogen-bond acceptors (Lipinski definition) is 1. The second-order valence-corrected chi connectivity index (χ2v) is 8.95. The normalized spacial score (nSPS) is 11.0. The molecule has 0 unspecified atom stereocenters. The lowest BCUT2D eigenvalue weighted by atomic mass is 10.0.